The van der Waals surface area contributed by atoms with Crippen molar-refractivity contribution in [3.63, 3.8) is 0 Å². The van der Waals surface area contributed by atoms with Gasteiger partial charge in [-0.1, -0.05) is 26.0 Å². The molecule has 3 unspecified atom stereocenters. The maximum atomic E-state index is 9.89. The molecule has 2 heteroatoms. The van der Waals surface area contributed by atoms with Crippen molar-refractivity contribution in [3.05, 3.63) is 34.4 Å². The van der Waals surface area contributed by atoms with E-state index in [2.05, 4.69) is 44.7 Å². The molecular weight excluding hydrogens is 270 g/mol. The van der Waals surface area contributed by atoms with Crippen molar-refractivity contribution >= 4 is 0 Å². The number of hydrogen-bond donors (Lipinski definition) is 1. The Morgan fingerprint density at radius 3 is 2.59 bits per heavy atom. The normalized spacial score (nSPS) is 28.5. The molecule has 3 rings (SSSR count). The largest absolute Gasteiger partial charge is 0.396 e. The van der Waals surface area contributed by atoms with E-state index < -0.39 is 0 Å². The zero-order valence-electron chi connectivity index (χ0n) is 14.6. The maximum Gasteiger partial charge on any atom is 0.0463 e. The van der Waals surface area contributed by atoms with Gasteiger partial charge < -0.3 is 5.11 Å². The highest BCUT2D eigenvalue weighted by molar-refractivity contribution is 5.41. The Morgan fingerprint density at radius 1 is 1.18 bits per heavy atom. The van der Waals surface area contributed by atoms with Gasteiger partial charge in [-0.3, -0.25) is 4.90 Å². The van der Waals surface area contributed by atoms with Crippen LogP contribution >= 0.6 is 0 Å². The summed E-state index contributed by atoms with van der Waals surface area (Å²) < 4.78 is 0. The molecule has 2 heterocycles. The molecule has 1 aromatic rings. The van der Waals surface area contributed by atoms with Gasteiger partial charge in [-0.15, -0.1) is 0 Å². The number of hydrogen-bond acceptors (Lipinski definition) is 2. The maximum absolute atomic E-state index is 9.89. The molecule has 0 radical (unpaired) electrons. The molecule has 2 nitrogen and oxygen atoms in total. The van der Waals surface area contributed by atoms with Crippen LogP contribution in [-0.2, 0) is 6.42 Å². The van der Waals surface area contributed by atoms with Crippen LogP contribution in [0, 0.1) is 31.6 Å². The first kappa shape index (κ1) is 16.0. The number of aliphatic hydroxyl groups excluding tert-OH is 1. The van der Waals surface area contributed by atoms with Crippen molar-refractivity contribution in [2.45, 2.75) is 53.0 Å². The van der Waals surface area contributed by atoms with E-state index in [4.69, 9.17) is 0 Å². The fourth-order valence-corrected chi connectivity index (χ4v) is 4.56. The number of aliphatic hydroxyl groups is 1. The topological polar surface area (TPSA) is 23.5 Å². The van der Waals surface area contributed by atoms with Gasteiger partial charge in [-0.25, -0.2) is 0 Å². The molecule has 122 valence electrons. The minimum Gasteiger partial charge on any atom is -0.396 e. The Morgan fingerprint density at radius 2 is 1.91 bits per heavy atom. The zero-order valence-corrected chi connectivity index (χ0v) is 14.6. The molecule has 0 aromatic heterocycles. The van der Waals surface area contributed by atoms with E-state index in [-0.39, 0.29) is 0 Å². The molecule has 0 spiro atoms. The lowest BCUT2D eigenvalue weighted by Crippen LogP contribution is -2.47. The SMILES string of the molecule is Cc1cc2c(cc1C)C1CC(CO)C(CC(C)C)CN1CC2. The lowest BCUT2D eigenvalue weighted by Gasteiger charge is -2.47. The van der Waals surface area contributed by atoms with E-state index in [1.165, 1.54) is 42.6 Å². The molecule has 1 saturated heterocycles. The molecule has 0 bridgehead atoms. The number of fused-ring (bicyclic) bond motifs is 3. The van der Waals surface area contributed by atoms with Crippen LogP contribution in [0.15, 0.2) is 12.1 Å². The van der Waals surface area contributed by atoms with Gasteiger partial charge >= 0.3 is 0 Å². The number of piperidine rings is 1. The van der Waals surface area contributed by atoms with Crippen LogP contribution in [0.1, 0.15) is 55.0 Å². The molecule has 0 aliphatic carbocycles. The Bertz CT molecular complexity index is 537. The van der Waals surface area contributed by atoms with Crippen LogP contribution in [0.4, 0.5) is 0 Å². The minimum absolute atomic E-state index is 0.349. The first-order chi connectivity index (χ1) is 10.5. The van der Waals surface area contributed by atoms with Crippen molar-refractivity contribution in [2.24, 2.45) is 17.8 Å². The van der Waals surface area contributed by atoms with Gasteiger partial charge in [0.15, 0.2) is 0 Å². The van der Waals surface area contributed by atoms with Crippen molar-refractivity contribution in [3.8, 4) is 0 Å². The van der Waals surface area contributed by atoms with Gasteiger partial charge in [0.2, 0.25) is 0 Å². The summed E-state index contributed by atoms with van der Waals surface area (Å²) in [5.74, 6) is 1.85. The molecule has 0 amide bonds. The second-order valence-electron chi connectivity index (χ2n) is 7.96. The lowest BCUT2D eigenvalue weighted by atomic mass is 9.74. The van der Waals surface area contributed by atoms with Crippen molar-refractivity contribution in [1.29, 1.82) is 0 Å². The quantitative estimate of drug-likeness (QED) is 0.916. The van der Waals surface area contributed by atoms with Crippen molar-refractivity contribution < 1.29 is 5.11 Å². The minimum atomic E-state index is 0.349. The van der Waals surface area contributed by atoms with E-state index in [9.17, 15) is 5.11 Å². The van der Waals surface area contributed by atoms with Crippen LogP contribution in [0.5, 0.6) is 0 Å². The monoisotopic (exact) mass is 301 g/mol. The van der Waals surface area contributed by atoms with Gasteiger partial charge in [0.1, 0.15) is 0 Å². The highest BCUT2D eigenvalue weighted by atomic mass is 16.3. The zero-order chi connectivity index (χ0) is 15.9. The van der Waals surface area contributed by atoms with Crippen LogP contribution < -0.4 is 0 Å². The average molecular weight is 301 g/mol. The average Bonchev–Trinajstić information content (AvgIpc) is 2.47. The van der Waals surface area contributed by atoms with E-state index in [1.54, 1.807) is 5.56 Å². The Labute approximate surface area is 135 Å². The number of benzene rings is 1. The summed E-state index contributed by atoms with van der Waals surface area (Å²) in [5.41, 5.74) is 5.91. The van der Waals surface area contributed by atoms with Crippen LogP contribution in [0.2, 0.25) is 0 Å². The summed E-state index contributed by atoms with van der Waals surface area (Å²) in [4.78, 5) is 2.69. The van der Waals surface area contributed by atoms with Gasteiger partial charge in [0.05, 0.1) is 0 Å². The summed E-state index contributed by atoms with van der Waals surface area (Å²) in [6, 6.07) is 5.35. The molecule has 1 aromatic carbocycles. The number of aryl methyl sites for hydroxylation is 2. The third-order valence-electron chi connectivity index (χ3n) is 5.89. The van der Waals surface area contributed by atoms with E-state index >= 15 is 0 Å². The summed E-state index contributed by atoms with van der Waals surface area (Å²) in [7, 11) is 0. The first-order valence-electron chi connectivity index (χ1n) is 8.94. The summed E-state index contributed by atoms with van der Waals surface area (Å²) in [6.07, 6.45) is 3.56. The van der Waals surface area contributed by atoms with E-state index in [0.29, 0.717) is 24.5 Å². The predicted octanol–water partition coefficient (Wildman–Crippen LogP) is 3.88. The summed E-state index contributed by atoms with van der Waals surface area (Å²) >= 11 is 0. The van der Waals surface area contributed by atoms with Gasteiger partial charge in [0, 0.05) is 25.7 Å². The number of nitrogens with zero attached hydrogens (tertiary/aromatic N) is 1. The van der Waals surface area contributed by atoms with Gasteiger partial charge in [-0.2, -0.15) is 0 Å². The fraction of sp³-hybridized carbons (Fsp3) is 0.700. The molecule has 2 aliphatic heterocycles. The fourth-order valence-electron chi connectivity index (χ4n) is 4.56. The van der Waals surface area contributed by atoms with E-state index in [1.807, 2.05) is 0 Å². The standard InChI is InChI=1S/C20H31NO/c1-13(2)7-17-11-21-6-5-16-8-14(3)15(4)9-19(16)20(21)10-18(17)12-22/h8-9,13,17-18,20,22H,5-7,10-12H2,1-4H3. The van der Waals surface area contributed by atoms with E-state index in [0.717, 1.165) is 12.3 Å². The van der Waals surface area contributed by atoms with Crippen molar-refractivity contribution in [2.75, 3.05) is 19.7 Å². The highest BCUT2D eigenvalue weighted by Crippen LogP contribution is 2.43. The third kappa shape index (κ3) is 2.96. The highest BCUT2D eigenvalue weighted by Gasteiger charge is 2.38. The lowest BCUT2D eigenvalue weighted by molar-refractivity contribution is 0.0188. The predicted molar refractivity (Wildman–Crippen MR) is 92.1 cm³/mol. The van der Waals surface area contributed by atoms with Crippen LogP contribution in [-0.4, -0.2) is 29.7 Å². The Kier molecular flexibility index (Phi) is 4.61. The summed E-state index contributed by atoms with van der Waals surface area (Å²) in [6.45, 7) is 11.8. The number of rotatable bonds is 3. The molecule has 3 atom stereocenters. The second kappa shape index (κ2) is 6.33. The molecule has 0 saturated carbocycles. The molecule has 22 heavy (non-hydrogen) atoms. The Balaban J connectivity index is 1.87. The smallest absolute Gasteiger partial charge is 0.0463 e. The first-order valence-corrected chi connectivity index (χ1v) is 8.94. The second-order valence-corrected chi connectivity index (χ2v) is 7.96. The van der Waals surface area contributed by atoms with Crippen LogP contribution in [0.3, 0.4) is 0 Å². The summed E-state index contributed by atoms with van der Waals surface area (Å²) in [5, 5.41) is 9.89. The molecular formula is C20H31NO. The Hall–Kier alpha value is -0.860. The third-order valence-corrected chi connectivity index (χ3v) is 5.89. The molecule has 1 fully saturated rings. The van der Waals surface area contributed by atoms with Gasteiger partial charge in [-0.05, 0) is 73.1 Å². The van der Waals surface area contributed by atoms with Crippen LogP contribution in [0.25, 0.3) is 0 Å². The molecule has 1 N–H and O–H groups in total. The van der Waals surface area contributed by atoms with Crippen molar-refractivity contribution in [1.82, 2.24) is 4.90 Å². The van der Waals surface area contributed by atoms with Gasteiger partial charge in [0.25, 0.3) is 0 Å². The molecule has 2 aliphatic rings.